The Hall–Kier alpha value is -2.17. The SMILES string of the molecule is Fc1cc(COc2ccccc2)ccc1OC(F)F. The van der Waals surface area contributed by atoms with Crippen LogP contribution >= 0.6 is 0 Å². The van der Waals surface area contributed by atoms with Crippen LogP contribution in [0.1, 0.15) is 5.56 Å². The summed E-state index contributed by atoms with van der Waals surface area (Å²) in [4.78, 5) is 0. The molecule has 0 saturated heterocycles. The average Bonchev–Trinajstić information content (AvgIpc) is 2.40. The summed E-state index contributed by atoms with van der Waals surface area (Å²) in [5, 5.41) is 0. The van der Waals surface area contributed by atoms with Crippen LogP contribution in [0.3, 0.4) is 0 Å². The first-order valence-electron chi connectivity index (χ1n) is 5.56. The highest BCUT2D eigenvalue weighted by Gasteiger charge is 2.10. The van der Waals surface area contributed by atoms with Gasteiger partial charge in [-0.15, -0.1) is 0 Å². The zero-order valence-corrected chi connectivity index (χ0v) is 9.85. The molecular formula is C14H11F3O2. The lowest BCUT2D eigenvalue weighted by molar-refractivity contribution is -0.0522. The molecule has 0 unspecified atom stereocenters. The summed E-state index contributed by atoms with van der Waals surface area (Å²) in [6.45, 7) is -2.89. The molecular weight excluding hydrogens is 257 g/mol. The van der Waals surface area contributed by atoms with Gasteiger partial charge in [0.05, 0.1) is 0 Å². The monoisotopic (exact) mass is 268 g/mol. The van der Waals surface area contributed by atoms with E-state index < -0.39 is 18.2 Å². The van der Waals surface area contributed by atoms with E-state index in [1.54, 1.807) is 12.1 Å². The normalized spacial score (nSPS) is 10.5. The van der Waals surface area contributed by atoms with Crippen LogP contribution in [-0.2, 0) is 6.61 Å². The van der Waals surface area contributed by atoms with Crippen molar-refractivity contribution in [3.05, 3.63) is 59.9 Å². The first kappa shape index (κ1) is 13.3. The van der Waals surface area contributed by atoms with Crippen molar-refractivity contribution in [2.75, 3.05) is 0 Å². The molecule has 0 aromatic heterocycles. The summed E-state index contributed by atoms with van der Waals surface area (Å²) < 4.78 is 46.8. The zero-order valence-electron chi connectivity index (χ0n) is 9.85. The van der Waals surface area contributed by atoms with E-state index in [2.05, 4.69) is 4.74 Å². The molecule has 0 amide bonds. The zero-order chi connectivity index (χ0) is 13.7. The van der Waals surface area contributed by atoms with E-state index in [0.717, 1.165) is 12.1 Å². The van der Waals surface area contributed by atoms with E-state index >= 15 is 0 Å². The number of hydrogen-bond acceptors (Lipinski definition) is 2. The van der Waals surface area contributed by atoms with Gasteiger partial charge in [-0.3, -0.25) is 0 Å². The molecule has 2 rings (SSSR count). The molecule has 0 aliphatic carbocycles. The number of hydrogen-bond donors (Lipinski definition) is 0. The van der Waals surface area contributed by atoms with Gasteiger partial charge in [-0.2, -0.15) is 8.78 Å². The van der Waals surface area contributed by atoms with Gasteiger partial charge in [0, 0.05) is 0 Å². The predicted octanol–water partition coefficient (Wildman–Crippen LogP) is 4.01. The quantitative estimate of drug-likeness (QED) is 0.815. The smallest absolute Gasteiger partial charge is 0.387 e. The molecule has 2 aromatic carbocycles. The maximum atomic E-state index is 13.4. The lowest BCUT2D eigenvalue weighted by Gasteiger charge is -2.09. The molecule has 0 aliphatic rings. The van der Waals surface area contributed by atoms with Crippen LogP contribution in [0.2, 0.25) is 0 Å². The topological polar surface area (TPSA) is 18.5 Å². The summed E-state index contributed by atoms with van der Waals surface area (Å²) in [5.41, 5.74) is 0.531. The Morgan fingerprint density at radius 1 is 1.00 bits per heavy atom. The second kappa shape index (κ2) is 6.13. The Balaban J connectivity index is 2.00. The molecule has 0 atom stereocenters. The van der Waals surface area contributed by atoms with Crippen LogP contribution < -0.4 is 9.47 Å². The van der Waals surface area contributed by atoms with E-state index in [0.29, 0.717) is 11.3 Å². The Kier molecular flexibility index (Phi) is 4.28. The number of alkyl halides is 2. The molecule has 2 nitrogen and oxygen atoms in total. The van der Waals surface area contributed by atoms with Crippen LogP contribution in [0.4, 0.5) is 13.2 Å². The van der Waals surface area contributed by atoms with Gasteiger partial charge in [-0.25, -0.2) is 4.39 Å². The third kappa shape index (κ3) is 3.91. The van der Waals surface area contributed by atoms with Crippen LogP contribution in [0.15, 0.2) is 48.5 Å². The maximum Gasteiger partial charge on any atom is 0.387 e. The molecule has 0 fully saturated rings. The minimum Gasteiger partial charge on any atom is -0.489 e. The highest BCUT2D eigenvalue weighted by molar-refractivity contribution is 5.29. The van der Waals surface area contributed by atoms with Crippen molar-refractivity contribution in [2.24, 2.45) is 0 Å². The van der Waals surface area contributed by atoms with E-state index in [-0.39, 0.29) is 6.61 Å². The number of halogens is 3. The van der Waals surface area contributed by atoms with Gasteiger partial charge in [-0.05, 0) is 29.8 Å². The van der Waals surface area contributed by atoms with Crippen molar-refractivity contribution in [1.29, 1.82) is 0 Å². The van der Waals surface area contributed by atoms with E-state index in [1.807, 2.05) is 18.2 Å². The molecule has 19 heavy (non-hydrogen) atoms. The van der Waals surface area contributed by atoms with Gasteiger partial charge in [-0.1, -0.05) is 24.3 Å². The van der Waals surface area contributed by atoms with Crippen molar-refractivity contribution in [1.82, 2.24) is 0 Å². The number of ether oxygens (including phenoxy) is 2. The first-order chi connectivity index (χ1) is 9.15. The van der Waals surface area contributed by atoms with Gasteiger partial charge in [0.1, 0.15) is 12.4 Å². The fourth-order valence-electron chi connectivity index (χ4n) is 1.51. The highest BCUT2D eigenvalue weighted by Crippen LogP contribution is 2.21. The summed E-state index contributed by atoms with van der Waals surface area (Å²) >= 11 is 0. The average molecular weight is 268 g/mol. The Bertz CT molecular complexity index is 529. The van der Waals surface area contributed by atoms with Crippen molar-refractivity contribution < 1.29 is 22.6 Å². The van der Waals surface area contributed by atoms with Crippen molar-refractivity contribution >= 4 is 0 Å². The maximum absolute atomic E-state index is 13.4. The summed E-state index contributed by atoms with van der Waals surface area (Å²) in [6, 6.07) is 12.8. The standard InChI is InChI=1S/C14H11F3O2/c15-12-8-10(6-7-13(12)19-14(16)17)9-18-11-4-2-1-3-5-11/h1-8,14H,9H2. The first-order valence-corrected chi connectivity index (χ1v) is 5.56. The molecule has 0 spiro atoms. The summed E-state index contributed by atoms with van der Waals surface area (Å²) in [5.74, 6) is -0.663. The Labute approximate surface area is 108 Å². The third-order valence-electron chi connectivity index (χ3n) is 2.36. The molecule has 0 N–H and O–H groups in total. The van der Waals surface area contributed by atoms with Crippen molar-refractivity contribution in [2.45, 2.75) is 13.2 Å². The van der Waals surface area contributed by atoms with Crippen LogP contribution in [0, 0.1) is 5.82 Å². The molecule has 0 saturated carbocycles. The van der Waals surface area contributed by atoms with Gasteiger partial charge in [0.15, 0.2) is 11.6 Å². The summed E-state index contributed by atoms with van der Waals surface area (Å²) in [7, 11) is 0. The molecule has 0 aliphatic heterocycles. The van der Waals surface area contributed by atoms with Crippen LogP contribution in [-0.4, -0.2) is 6.61 Å². The fraction of sp³-hybridized carbons (Fsp3) is 0.143. The van der Waals surface area contributed by atoms with Gasteiger partial charge in [0.25, 0.3) is 0 Å². The second-order valence-electron chi connectivity index (χ2n) is 3.75. The fourth-order valence-corrected chi connectivity index (χ4v) is 1.51. The minimum absolute atomic E-state index is 0.149. The Morgan fingerprint density at radius 3 is 2.37 bits per heavy atom. The largest absolute Gasteiger partial charge is 0.489 e. The third-order valence-corrected chi connectivity index (χ3v) is 2.36. The van der Waals surface area contributed by atoms with Crippen molar-refractivity contribution in [3.8, 4) is 11.5 Å². The Morgan fingerprint density at radius 2 is 1.74 bits per heavy atom. The summed E-state index contributed by atoms with van der Waals surface area (Å²) in [6.07, 6.45) is 0. The lowest BCUT2D eigenvalue weighted by atomic mass is 10.2. The highest BCUT2D eigenvalue weighted by atomic mass is 19.3. The van der Waals surface area contributed by atoms with Crippen molar-refractivity contribution in [3.63, 3.8) is 0 Å². The second-order valence-corrected chi connectivity index (χ2v) is 3.75. The number of rotatable bonds is 5. The molecule has 2 aromatic rings. The van der Waals surface area contributed by atoms with E-state index in [9.17, 15) is 13.2 Å². The lowest BCUT2D eigenvalue weighted by Crippen LogP contribution is -2.04. The predicted molar refractivity (Wildman–Crippen MR) is 63.8 cm³/mol. The van der Waals surface area contributed by atoms with Crippen LogP contribution in [0.5, 0.6) is 11.5 Å². The van der Waals surface area contributed by atoms with E-state index in [4.69, 9.17) is 4.74 Å². The number of benzene rings is 2. The molecule has 5 heteroatoms. The van der Waals surface area contributed by atoms with Gasteiger partial charge in [0.2, 0.25) is 0 Å². The van der Waals surface area contributed by atoms with Gasteiger partial charge >= 0.3 is 6.61 Å². The van der Waals surface area contributed by atoms with Gasteiger partial charge < -0.3 is 9.47 Å². The minimum atomic E-state index is -3.04. The van der Waals surface area contributed by atoms with Crippen LogP contribution in [0.25, 0.3) is 0 Å². The number of para-hydroxylation sites is 1. The molecule has 0 bridgehead atoms. The molecule has 100 valence electrons. The molecule has 0 heterocycles. The molecule has 0 radical (unpaired) electrons. The van der Waals surface area contributed by atoms with E-state index in [1.165, 1.54) is 6.07 Å².